The first kappa shape index (κ1) is 55.9. The minimum Gasteiger partial charge on any atom is -0.511 e. The number of fused-ring (bicyclic) bond motifs is 14. The van der Waals surface area contributed by atoms with Gasteiger partial charge < -0.3 is 10.3 Å². The van der Waals surface area contributed by atoms with Crippen molar-refractivity contribution in [2.75, 3.05) is 7.05 Å². The molecule has 8 heteroatoms. The number of nitriles is 2. The van der Waals surface area contributed by atoms with Crippen LogP contribution in [0.1, 0.15) is 206 Å². The lowest BCUT2D eigenvalue weighted by Crippen LogP contribution is -2.68. The summed E-state index contributed by atoms with van der Waals surface area (Å²) >= 11 is 0. The Bertz CT molecular complexity index is 2480. The van der Waals surface area contributed by atoms with Crippen molar-refractivity contribution in [2.24, 2.45) is 112 Å². The Morgan fingerprint density at radius 2 is 1.01 bits per heavy atom. The molecule has 73 heavy (non-hydrogen) atoms. The molecule has 0 saturated heterocycles. The Balaban J connectivity index is 0.000000185. The SMILES string of the molecule is C=C[C@]12CCC(C)(C)C[C@H]1[C@H]1C(=O)C[C@@H]3[C@@]4(C)C=C(C#N)C(=O)C(C)(C)[C@@H]4CC[C@@]3(C)[C@]1(C)CC2.C=C[C@]12CCC(C)(C)C[C@H]1[C@H]1C(=O)C[C@@H]3[C@@]4(C)CC(C#N)=C(O)C(C)(C)[C@@H]4CC[C@@]3(C)[C@]1(C)CC2.CNO. The van der Waals surface area contributed by atoms with Crippen LogP contribution in [0.2, 0.25) is 0 Å². The van der Waals surface area contributed by atoms with Gasteiger partial charge in [-0.2, -0.15) is 10.5 Å². The van der Waals surface area contributed by atoms with Crippen LogP contribution in [0, 0.1) is 135 Å². The van der Waals surface area contributed by atoms with Crippen molar-refractivity contribution in [3.05, 3.63) is 48.3 Å². The molecular weight excluding hydrogens is 903 g/mol. The van der Waals surface area contributed by atoms with Crippen LogP contribution < -0.4 is 5.48 Å². The highest BCUT2D eigenvalue weighted by molar-refractivity contribution is 6.04. The molecule has 0 aromatic carbocycles. The van der Waals surface area contributed by atoms with Gasteiger partial charge in [-0.3, -0.25) is 14.4 Å². The third-order valence-electron chi connectivity index (χ3n) is 26.2. The Labute approximate surface area is 442 Å². The molecule has 10 aliphatic rings. The molecule has 0 aromatic heterocycles. The third kappa shape index (κ3) is 7.58. The molecule has 0 heterocycles. The van der Waals surface area contributed by atoms with Gasteiger partial charge in [-0.25, -0.2) is 5.48 Å². The van der Waals surface area contributed by atoms with E-state index in [1.54, 1.807) is 5.48 Å². The Kier molecular flexibility index (Phi) is 13.5. The van der Waals surface area contributed by atoms with Crippen molar-refractivity contribution in [2.45, 2.75) is 206 Å². The fourth-order valence-corrected chi connectivity index (χ4v) is 21.7. The molecule has 8 saturated carbocycles. The summed E-state index contributed by atoms with van der Waals surface area (Å²) in [5.41, 5.74) is 1.78. The molecule has 3 N–H and O–H groups in total. The van der Waals surface area contributed by atoms with Gasteiger partial charge in [0.05, 0.1) is 17.2 Å². The fraction of sp³-hybridized carbons (Fsp3) is 0.800. The van der Waals surface area contributed by atoms with E-state index < -0.39 is 10.8 Å². The summed E-state index contributed by atoms with van der Waals surface area (Å²) in [5.74, 6) is 2.96. The maximum atomic E-state index is 14.4. The molecule has 8 fully saturated rings. The second kappa shape index (κ2) is 17.6. The predicted octanol–water partition coefficient (Wildman–Crippen LogP) is 15.2. The number of ketones is 3. The van der Waals surface area contributed by atoms with Crippen LogP contribution >= 0.6 is 0 Å². The van der Waals surface area contributed by atoms with Crippen molar-refractivity contribution >= 4 is 17.3 Å². The summed E-state index contributed by atoms with van der Waals surface area (Å²) in [5, 5.41) is 38.1. The molecule has 10 aliphatic carbocycles. The molecular formula is C65H97N3O5. The number of hydroxylamine groups is 1. The van der Waals surface area contributed by atoms with E-state index in [1.165, 1.54) is 19.9 Å². The first-order valence-corrected chi connectivity index (χ1v) is 28.8. The van der Waals surface area contributed by atoms with Crippen LogP contribution in [0.5, 0.6) is 0 Å². The molecule has 16 atom stereocenters. The van der Waals surface area contributed by atoms with E-state index in [-0.39, 0.29) is 101 Å². The molecule has 0 aromatic rings. The normalized spacial score (nSPS) is 48.2. The van der Waals surface area contributed by atoms with Crippen LogP contribution in [0.3, 0.4) is 0 Å². The highest BCUT2D eigenvalue weighted by Gasteiger charge is 2.74. The van der Waals surface area contributed by atoms with E-state index in [0.29, 0.717) is 53.8 Å². The van der Waals surface area contributed by atoms with Gasteiger partial charge in [-0.1, -0.05) is 115 Å². The zero-order valence-electron chi connectivity index (χ0n) is 48.3. The summed E-state index contributed by atoms with van der Waals surface area (Å²) in [7, 11) is 1.43. The third-order valence-corrected chi connectivity index (χ3v) is 26.2. The summed E-state index contributed by atoms with van der Waals surface area (Å²) < 4.78 is 0. The summed E-state index contributed by atoms with van der Waals surface area (Å²) in [6.45, 7) is 41.0. The molecule has 402 valence electrons. The molecule has 8 nitrogen and oxygen atoms in total. The molecule has 10 rings (SSSR count). The molecule has 0 aliphatic heterocycles. The molecule has 0 bridgehead atoms. The molecule has 0 spiro atoms. The van der Waals surface area contributed by atoms with Crippen LogP contribution in [0.25, 0.3) is 0 Å². The minimum absolute atomic E-state index is 0.000714. The quantitative estimate of drug-likeness (QED) is 0.183. The number of aliphatic hydroxyl groups excluding tert-OH is 1. The Hall–Kier alpha value is -3.33. The van der Waals surface area contributed by atoms with Crippen molar-refractivity contribution < 1.29 is 24.7 Å². The van der Waals surface area contributed by atoms with E-state index in [0.717, 1.165) is 77.0 Å². The standard InChI is InChI=1S/C32H47NO2.C32H45NO2.CH5NO/c2*1-9-32-14-12-27(2,3)18-21(32)25-22(34)16-24-29(6)17-20(19-33)26(35)28(4,5)23(29)10-11-30(24,7)31(25,8)13-15-32;1-2-3/h9,21,23-25,35H,1,10-18H2,2-8H3;9,17,21,23-25H,1,10-16,18H2,2-8H3;2-3H,1H3/t2*21-,23-,24+,25-,29-,30+,31+,32+;/m00./s1. The van der Waals surface area contributed by atoms with Crippen LogP contribution in [0.4, 0.5) is 0 Å². The number of hydrogen-bond acceptors (Lipinski definition) is 8. The van der Waals surface area contributed by atoms with Crippen LogP contribution in [-0.4, -0.2) is 34.7 Å². The van der Waals surface area contributed by atoms with Crippen molar-refractivity contribution in [3.8, 4) is 12.1 Å². The van der Waals surface area contributed by atoms with Crippen molar-refractivity contribution in [1.82, 2.24) is 5.48 Å². The topological polar surface area (TPSA) is 151 Å². The maximum Gasteiger partial charge on any atom is 0.178 e. The lowest BCUT2D eigenvalue weighted by atomic mass is 9.31. The Morgan fingerprint density at radius 1 is 0.589 bits per heavy atom. The number of rotatable bonds is 2. The number of carbonyl (C=O) groups is 3. The summed E-state index contributed by atoms with van der Waals surface area (Å²) in [6, 6.07) is 4.57. The minimum atomic E-state index is -0.575. The van der Waals surface area contributed by atoms with Crippen LogP contribution in [-0.2, 0) is 14.4 Å². The van der Waals surface area contributed by atoms with Gasteiger partial charge >= 0.3 is 0 Å². The van der Waals surface area contributed by atoms with E-state index in [2.05, 4.69) is 121 Å². The van der Waals surface area contributed by atoms with E-state index in [1.807, 2.05) is 19.9 Å². The predicted molar refractivity (Wildman–Crippen MR) is 290 cm³/mol. The first-order valence-electron chi connectivity index (χ1n) is 28.8. The van der Waals surface area contributed by atoms with Gasteiger partial charge in [0.1, 0.15) is 23.4 Å². The van der Waals surface area contributed by atoms with Gasteiger partial charge in [-0.05, 0) is 186 Å². The van der Waals surface area contributed by atoms with Crippen LogP contribution in [0.15, 0.2) is 48.3 Å². The lowest BCUT2D eigenvalue weighted by molar-refractivity contribution is -0.226. The smallest absolute Gasteiger partial charge is 0.178 e. The summed E-state index contributed by atoms with van der Waals surface area (Å²) in [6.07, 6.45) is 23.9. The van der Waals surface area contributed by atoms with Crippen molar-refractivity contribution in [1.29, 1.82) is 10.5 Å². The van der Waals surface area contributed by atoms with Crippen molar-refractivity contribution in [3.63, 3.8) is 0 Å². The maximum absolute atomic E-state index is 14.4. The highest BCUT2D eigenvalue weighted by atomic mass is 16.5. The largest absolute Gasteiger partial charge is 0.511 e. The average Bonchev–Trinajstić information content (AvgIpc) is 3.30. The van der Waals surface area contributed by atoms with Gasteiger partial charge in [0, 0.05) is 42.6 Å². The second-order valence-electron chi connectivity index (χ2n) is 30.7. The average molecular weight is 1000 g/mol. The van der Waals surface area contributed by atoms with Gasteiger partial charge in [0.2, 0.25) is 0 Å². The van der Waals surface area contributed by atoms with E-state index >= 15 is 0 Å². The zero-order chi connectivity index (χ0) is 54.3. The number of aliphatic hydroxyl groups is 1. The first-order chi connectivity index (χ1) is 33.6. The van der Waals surface area contributed by atoms with Gasteiger partial charge in [0.15, 0.2) is 5.78 Å². The second-order valence-corrected chi connectivity index (χ2v) is 30.7. The molecule has 0 amide bonds. The lowest BCUT2D eigenvalue weighted by Gasteiger charge is -2.72. The monoisotopic (exact) mass is 1000 g/mol. The number of Topliss-reactive ketones (excluding diaryl/α,β-unsaturated/α-hetero) is 3. The molecule has 0 radical (unpaired) electrons. The van der Waals surface area contributed by atoms with E-state index in [9.17, 15) is 30.0 Å². The number of allylic oxidation sites excluding steroid dienone is 6. The zero-order valence-corrected chi connectivity index (χ0v) is 48.3. The number of nitrogens with zero attached hydrogens (tertiary/aromatic N) is 2. The summed E-state index contributed by atoms with van der Waals surface area (Å²) in [4.78, 5) is 41.9. The van der Waals surface area contributed by atoms with E-state index in [4.69, 9.17) is 5.21 Å². The van der Waals surface area contributed by atoms with Gasteiger partial charge in [-0.15, -0.1) is 13.2 Å². The Morgan fingerprint density at radius 3 is 1.45 bits per heavy atom. The number of nitrogens with one attached hydrogen (secondary N) is 1. The van der Waals surface area contributed by atoms with Gasteiger partial charge in [0.25, 0.3) is 0 Å². The fourth-order valence-electron chi connectivity index (χ4n) is 21.7. The number of carbonyl (C=O) groups excluding carboxylic acids is 3. The highest BCUT2D eigenvalue weighted by Crippen LogP contribution is 2.78. The molecule has 0 unspecified atom stereocenters. The number of hydrogen-bond donors (Lipinski definition) is 3.